The average molecular weight is 542 g/mol. The molecule has 0 aliphatic rings. The Morgan fingerprint density at radius 2 is 1.59 bits per heavy atom. The Morgan fingerprint density at radius 3 is 2.15 bits per heavy atom. The highest BCUT2D eigenvalue weighted by Crippen LogP contribution is 2.29. The summed E-state index contributed by atoms with van der Waals surface area (Å²) in [6.45, 7) is 0.0545. The van der Waals surface area contributed by atoms with Crippen LogP contribution < -0.4 is 20.3 Å². The summed E-state index contributed by atoms with van der Waals surface area (Å²) in [4.78, 5) is 27.4. The summed E-state index contributed by atoms with van der Waals surface area (Å²) in [5.74, 6) is -0.728. The number of anilines is 1. The Balaban J connectivity index is 1.64. The van der Waals surface area contributed by atoms with Crippen LogP contribution in [0.5, 0.6) is 5.75 Å². The largest absolute Gasteiger partial charge is 0.493 e. The highest BCUT2D eigenvalue weighted by molar-refractivity contribution is 6.05. The molecule has 206 valence electrons. The lowest BCUT2D eigenvalue weighted by molar-refractivity contribution is -0.137. The van der Waals surface area contributed by atoms with Crippen molar-refractivity contribution in [2.45, 2.75) is 12.6 Å². The Morgan fingerprint density at radius 1 is 0.949 bits per heavy atom. The van der Waals surface area contributed by atoms with E-state index in [0.717, 1.165) is 23.4 Å². The minimum atomic E-state index is -4.49. The van der Waals surface area contributed by atoms with Crippen molar-refractivity contribution < 1.29 is 32.6 Å². The van der Waals surface area contributed by atoms with Gasteiger partial charge in [0.15, 0.2) is 0 Å². The fourth-order valence-corrected chi connectivity index (χ4v) is 3.50. The van der Waals surface area contributed by atoms with Crippen LogP contribution in [0.3, 0.4) is 0 Å². The first-order chi connectivity index (χ1) is 18.6. The summed E-state index contributed by atoms with van der Waals surface area (Å²) in [5.41, 5.74) is 1.74. The van der Waals surface area contributed by atoms with Crippen LogP contribution in [0, 0.1) is 0 Å². The molecule has 7 nitrogen and oxygen atoms in total. The molecule has 0 spiro atoms. The summed E-state index contributed by atoms with van der Waals surface area (Å²) in [6, 6.07) is 18.6. The first kappa shape index (κ1) is 29.2. The number of hydrogen-bond acceptors (Lipinski definition) is 5. The van der Waals surface area contributed by atoms with Gasteiger partial charge < -0.3 is 25.4 Å². The summed E-state index contributed by atoms with van der Waals surface area (Å²) in [5, 5.41) is 13.9. The Hall–Kier alpha value is -4.31. The molecule has 3 aromatic carbocycles. The van der Waals surface area contributed by atoms with Crippen molar-refractivity contribution in [1.29, 1.82) is 0 Å². The molecule has 3 N–H and O–H groups in total. The quantitative estimate of drug-likeness (QED) is 0.316. The fraction of sp³-hybridized carbons (Fsp3) is 0.241. The second-order valence-electron chi connectivity index (χ2n) is 8.80. The Bertz CT molecular complexity index is 1270. The van der Waals surface area contributed by atoms with E-state index in [1.165, 1.54) is 30.3 Å². The molecule has 10 heteroatoms. The molecule has 0 fully saturated rings. The third kappa shape index (κ3) is 8.89. The third-order valence-corrected chi connectivity index (χ3v) is 5.67. The Kier molecular flexibility index (Phi) is 10.1. The SMILES string of the molecule is CN(C)c1ccc(CCOc2ccc(C(=O)NC(=Cc3ccc(C(F)(F)F)cc3)C(=O)NCCO)cc2)cc1. The number of benzene rings is 3. The molecule has 0 atom stereocenters. The molecule has 3 rings (SSSR count). The van der Waals surface area contributed by atoms with E-state index in [4.69, 9.17) is 9.84 Å². The molecule has 0 aliphatic heterocycles. The van der Waals surface area contributed by atoms with Crippen molar-refractivity contribution >= 4 is 23.6 Å². The number of carbonyl (C=O) groups excluding carboxylic acids is 2. The number of ether oxygens (including phenoxy) is 1. The van der Waals surface area contributed by atoms with Gasteiger partial charge in [-0.15, -0.1) is 0 Å². The lowest BCUT2D eigenvalue weighted by atomic mass is 10.1. The van der Waals surface area contributed by atoms with Crippen molar-refractivity contribution in [3.8, 4) is 5.75 Å². The van der Waals surface area contributed by atoms with Crippen molar-refractivity contribution in [3.63, 3.8) is 0 Å². The third-order valence-electron chi connectivity index (χ3n) is 5.67. The first-order valence-corrected chi connectivity index (χ1v) is 12.2. The standard InChI is InChI=1S/C29H30F3N3O4/c1-35(2)24-11-5-20(6-12-24)15-18-39-25-13-7-22(8-14-25)27(37)34-26(28(38)33-16-17-36)19-21-3-9-23(10-4-21)29(30,31)32/h3-14,19,36H,15-18H2,1-2H3,(H,33,38)(H,34,37). The van der Waals surface area contributed by atoms with Gasteiger partial charge in [-0.25, -0.2) is 0 Å². The number of alkyl halides is 3. The van der Waals surface area contributed by atoms with Crippen LogP contribution in [0.25, 0.3) is 6.08 Å². The molecule has 0 bridgehead atoms. The van der Waals surface area contributed by atoms with Gasteiger partial charge in [-0.05, 0) is 65.7 Å². The van der Waals surface area contributed by atoms with E-state index in [1.54, 1.807) is 12.1 Å². The number of aliphatic hydroxyl groups is 1. The van der Waals surface area contributed by atoms with Gasteiger partial charge in [-0.1, -0.05) is 24.3 Å². The van der Waals surface area contributed by atoms with Crippen LogP contribution in [0.4, 0.5) is 18.9 Å². The normalized spacial score (nSPS) is 11.6. The number of hydrogen-bond donors (Lipinski definition) is 3. The molecule has 0 unspecified atom stereocenters. The molecule has 0 heterocycles. The van der Waals surface area contributed by atoms with Crippen LogP contribution in [0.2, 0.25) is 0 Å². The van der Waals surface area contributed by atoms with Crippen LogP contribution in [0.1, 0.15) is 27.0 Å². The minimum Gasteiger partial charge on any atom is -0.493 e. The molecule has 0 aromatic heterocycles. The zero-order chi connectivity index (χ0) is 28.4. The zero-order valence-electron chi connectivity index (χ0n) is 21.6. The van der Waals surface area contributed by atoms with E-state index < -0.39 is 23.6 Å². The highest BCUT2D eigenvalue weighted by Gasteiger charge is 2.29. The number of halogens is 3. The van der Waals surface area contributed by atoms with Gasteiger partial charge in [0.25, 0.3) is 11.8 Å². The van der Waals surface area contributed by atoms with Crippen LogP contribution in [-0.2, 0) is 17.4 Å². The lowest BCUT2D eigenvalue weighted by Gasteiger charge is -2.13. The summed E-state index contributed by atoms with van der Waals surface area (Å²) in [6.07, 6.45) is -2.53. The highest BCUT2D eigenvalue weighted by atomic mass is 19.4. The molecular formula is C29H30F3N3O4. The van der Waals surface area contributed by atoms with Crippen molar-refractivity contribution in [1.82, 2.24) is 10.6 Å². The molecule has 2 amide bonds. The summed E-state index contributed by atoms with van der Waals surface area (Å²) >= 11 is 0. The van der Waals surface area contributed by atoms with Crippen molar-refractivity contribution in [3.05, 3.63) is 101 Å². The zero-order valence-corrected chi connectivity index (χ0v) is 21.6. The van der Waals surface area contributed by atoms with Gasteiger partial charge in [0.2, 0.25) is 0 Å². The van der Waals surface area contributed by atoms with E-state index >= 15 is 0 Å². The van der Waals surface area contributed by atoms with Crippen LogP contribution >= 0.6 is 0 Å². The number of nitrogens with one attached hydrogen (secondary N) is 2. The molecule has 0 aliphatic carbocycles. The second-order valence-corrected chi connectivity index (χ2v) is 8.80. The summed E-state index contributed by atoms with van der Waals surface area (Å²) < 4.78 is 44.3. The molecule has 0 saturated heterocycles. The maximum absolute atomic E-state index is 12.9. The van der Waals surface area contributed by atoms with Gasteiger partial charge in [-0.2, -0.15) is 13.2 Å². The smallest absolute Gasteiger partial charge is 0.416 e. The first-order valence-electron chi connectivity index (χ1n) is 12.2. The van der Waals surface area contributed by atoms with Gasteiger partial charge in [-0.3, -0.25) is 9.59 Å². The van der Waals surface area contributed by atoms with Crippen LogP contribution in [-0.4, -0.2) is 50.8 Å². The van der Waals surface area contributed by atoms with E-state index in [2.05, 4.69) is 10.6 Å². The number of amides is 2. The molecule has 0 saturated carbocycles. The molecular weight excluding hydrogens is 511 g/mol. The molecule has 0 radical (unpaired) electrons. The monoisotopic (exact) mass is 541 g/mol. The second kappa shape index (κ2) is 13.5. The lowest BCUT2D eigenvalue weighted by Crippen LogP contribution is -2.36. The number of rotatable bonds is 11. The van der Waals surface area contributed by atoms with Gasteiger partial charge in [0, 0.05) is 38.3 Å². The number of carbonyl (C=O) groups is 2. The topological polar surface area (TPSA) is 90.9 Å². The summed E-state index contributed by atoms with van der Waals surface area (Å²) in [7, 11) is 3.95. The van der Waals surface area contributed by atoms with Crippen molar-refractivity contribution in [2.75, 3.05) is 38.8 Å². The van der Waals surface area contributed by atoms with E-state index in [9.17, 15) is 22.8 Å². The predicted octanol–water partition coefficient (Wildman–Crippen LogP) is 4.27. The van der Waals surface area contributed by atoms with Gasteiger partial charge in [0.1, 0.15) is 11.4 Å². The number of nitrogens with zero attached hydrogens (tertiary/aromatic N) is 1. The maximum atomic E-state index is 12.9. The van der Waals surface area contributed by atoms with E-state index in [0.29, 0.717) is 18.8 Å². The van der Waals surface area contributed by atoms with Crippen molar-refractivity contribution in [2.24, 2.45) is 0 Å². The van der Waals surface area contributed by atoms with E-state index in [-0.39, 0.29) is 30.0 Å². The maximum Gasteiger partial charge on any atom is 0.416 e. The minimum absolute atomic E-state index is 0.0646. The molecule has 39 heavy (non-hydrogen) atoms. The van der Waals surface area contributed by atoms with Gasteiger partial charge in [0.05, 0.1) is 18.8 Å². The van der Waals surface area contributed by atoms with E-state index in [1.807, 2.05) is 43.3 Å². The number of aliphatic hydroxyl groups excluding tert-OH is 1. The van der Waals surface area contributed by atoms with Crippen LogP contribution in [0.15, 0.2) is 78.5 Å². The average Bonchev–Trinajstić information content (AvgIpc) is 2.91. The van der Waals surface area contributed by atoms with Gasteiger partial charge >= 0.3 is 6.18 Å². The molecule has 3 aromatic rings. The fourth-order valence-electron chi connectivity index (χ4n) is 3.50. The Labute approximate surface area is 224 Å². The predicted molar refractivity (Wildman–Crippen MR) is 143 cm³/mol.